The van der Waals surface area contributed by atoms with Crippen molar-refractivity contribution in [3.63, 3.8) is 0 Å². The molecule has 0 spiro atoms. The molecule has 2 rings (SSSR count). The number of ketones is 1. The monoisotopic (exact) mass is 394 g/mol. The van der Waals surface area contributed by atoms with E-state index < -0.39 is 5.91 Å². The highest BCUT2D eigenvalue weighted by Crippen LogP contribution is 2.15. The summed E-state index contributed by atoms with van der Waals surface area (Å²) in [5.41, 5.74) is 1.56. The maximum Gasteiger partial charge on any atom is 0.279 e. The summed E-state index contributed by atoms with van der Waals surface area (Å²) in [7, 11) is 0. The lowest BCUT2D eigenvalue weighted by atomic mass is 10.1. The molecule has 0 bridgehead atoms. The Morgan fingerprint density at radius 1 is 1.30 bits per heavy atom. The van der Waals surface area contributed by atoms with Gasteiger partial charge in [-0.15, -0.1) is 0 Å². The Hall–Kier alpha value is -2.06. The summed E-state index contributed by atoms with van der Waals surface area (Å²) in [6.07, 6.45) is 1.73. The number of rotatable bonds is 4. The molecule has 0 aliphatic heterocycles. The van der Waals surface area contributed by atoms with E-state index >= 15 is 0 Å². The van der Waals surface area contributed by atoms with E-state index in [1.807, 2.05) is 6.92 Å². The largest absolute Gasteiger partial charge is 0.332 e. The number of hydrogen-bond acceptors (Lipinski definition) is 4. The van der Waals surface area contributed by atoms with E-state index in [-0.39, 0.29) is 16.6 Å². The molecule has 23 heavy (non-hydrogen) atoms. The average molecular weight is 395 g/mol. The van der Waals surface area contributed by atoms with Gasteiger partial charge < -0.3 is 5.32 Å². The van der Waals surface area contributed by atoms with Crippen molar-refractivity contribution in [1.82, 2.24) is 15.1 Å². The average Bonchev–Trinajstić information content (AvgIpc) is 2.89. The second kappa shape index (κ2) is 7.47. The fourth-order valence-electron chi connectivity index (χ4n) is 1.83. The van der Waals surface area contributed by atoms with E-state index in [1.54, 1.807) is 35.1 Å². The van der Waals surface area contributed by atoms with Crippen molar-refractivity contribution in [2.75, 3.05) is 5.32 Å². The maximum absolute atomic E-state index is 12.1. The van der Waals surface area contributed by atoms with Gasteiger partial charge in [0.15, 0.2) is 16.6 Å². The van der Waals surface area contributed by atoms with Crippen molar-refractivity contribution in [2.24, 2.45) is 0 Å². The van der Waals surface area contributed by atoms with Gasteiger partial charge in [-0.05, 0) is 66.3 Å². The van der Waals surface area contributed by atoms with E-state index in [2.05, 4.69) is 31.7 Å². The van der Waals surface area contributed by atoms with Crippen LogP contribution in [0.1, 0.15) is 34.7 Å². The second-order valence-electron chi connectivity index (χ2n) is 4.72. The van der Waals surface area contributed by atoms with Crippen LogP contribution in [0.15, 0.2) is 34.9 Å². The van der Waals surface area contributed by atoms with E-state index in [0.29, 0.717) is 22.3 Å². The minimum atomic E-state index is -0.401. The number of carbonyl (C=O) groups excluding carboxylic acids is 2. The molecular formula is C15H15BrN4O2S. The molecule has 0 saturated carbocycles. The number of aromatic nitrogens is 2. The molecule has 0 saturated heterocycles. The summed E-state index contributed by atoms with van der Waals surface area (Å²) >= 11 is 8.41. The zero-order valence-corrected chi connectivity index (χ0v) is 15.0. The smallest absolute Gasteiger partial charge is 0.279 e. The first-order valence-electron chi connectivity index (χ1n) is 6.87. The highest BCUT2D eigenvalue weighted by Gasteiger charge is 2.16. The van der Waals surface area contributed by atoms with Gasteiger partial charge in [0, 0.05) is 24.0 Å². The Morgan fingerprint density at radius 2 is 1.96 bits per heavy atom. The lowest BCUT2D eigenvalue weighted by Gasteiger charge is -2.09. The Balaban J connectivity index is 1.99. The lowest BCUT2D eigenvalue weighted by Crippen LogP contribution is -2.34. The van der Waals surface area contributed by atoms with Gasteiger partial charge in [-0.25, -0.2) is 0 Å². The van der Waals surface area contributed by atoms with Crippen LogP contribution in [0.3, 0.4) is 0 Å². The van der Waals surface area contributed by atoms with Crippen molar-refractivity contribution in [2.45, 2.75) is 20.4 Å². The van der Waals surface area contributed by atoms with E-state index in [9.17, 15) is 9.59 Å². The molecule has 1 heterocycles. The number of hydrogen-bond donors (Lipinski definition) is 2. The molecule has 0 aliphatic carbocycles. The molecule has 0 atom stereocenters. The first-order valence-corrected chi connectivity index (χ1v) is 8.07. The number of anilines is 1. The minimum absolute atomic E-state index is 0.0104. The zero-order chi connectivity index (χ0) is 17.0. The van der Waals surface area contributed by atoms with Crippen LogP contribution in [0.4, 0.5) is 5.69 Å². The summed E-state index contributed by atoms with van der Waals surface area (Å²) in [6.45, 7) is 4.09. The Morgan fingerprint density at radius 3 is 2.48 bits per heavy atom. The van der Waals surface area contributed by atoms with Crippen molar-refractivity contribution in [1.29, 1.82) is 0 Å². The van der Waals surface area contributed by atoms with Gasteiger partial charge in [-0.3, -0.25) is 19.6 Å². The molecule has 0 fully saturated rings. The number of aryl methyl sites for hydroxylation is 1. The normalized spacial score (nSPS) is 10.2. The van der Waals surface area contributed by atoms with Crippen LogP contribution < -0.4 is 10.6 Å². The van der Waals surface area contributed by atoms with Crippen molar-refractivity contribution in [3.8, 4) is 0 Å². The predicted molar refractivity (Wildman–Crippen MR) is 95.7 cm³/mol. The molecule has 6 nitrogen and oxygen atoms in total. The number of amides is 1. The van der Waals surface area contributed by atoms with Crippen molar-refractivity contribution in [3.05, 3.63) is 46.2 Å². The maximum atomic E-state index is 12.1. The molecule has 1 aromatic carbocycles. The lowest BCUT2D eigenvalue weighted by molar-refractivity contribution is 0.0970. The van der Waals surface area contributed by atoms with Gasteiger partial charge in [0.2, 0.25) is 0 Å². The minimum Gasteiger partial charge on any atom is -0.332 e. The third-order valence-electron chi connectivity index (χ3n) is 3.03. The molecule has 0 aliphatic rings. The zero-order valence-electron chi connectivity index (χ0n) is 12.6. The van der Waals surface area contributed by atoms with Crippen LogP contribution in [-0.2, 0) is 6.54 Å². The van der Waals surface area contributed by atoms with Gasteiger partial charge in [-0.2, -0.15) is 5.10 Å². The first kappa shape index (κ1) is 17.3. The summed E-state index contributed by atoms with van der Waals surface area (Å²) < 4.78 is 2.25. The number of halogens is 1. The molecule has 8 heteroatoms. The highest BCUT2D eigenvalue weighted by molar-refractivity contribution is 9.10. The van der Waals surface area contributed by atoms with Gasteiger partial charge in [-0.1, -0.05) is 0 Å². The van der Waals surface area contributed by atoms with E-state index in [1.165, 1.54) is 6.92 Å². The number of nitrogens with one attached hydrogen (secondary N) is 2. The van der Waals surface area contributed by atoms with E-state index in [4.69, 9.17) is 12.2 Å². The Bertz CT molecular complexity index is 755. The number of nitrogens with zero attached hydrogens (tertiary/aromatic N) is 2. The molecule has 120 valence electrons. The molecule has 1 aromatic heterocycles. The fourth-order valence-corrected chi connectivity index (χ4v) is 2.53. The second-order valence-corrected chi connectivity index (χ2v) is 5.99. The Kier molecular flexibility index (Phi) is 5.62. The van der Waals surface area contributed by atoms with Crippen molar-refractivity contribution >= 4 is 50.6 Å². The molecule has 2 aromatic rings. The molecule has 2 N–H and O–H groups in total. The van der Waals surface area contributed by atoms with Crippen LogP contribution in [0.5, 0.6) is 0 Å². The van der Waals surface area contributed by atoms with Gasteiger partial charge >= 0.3 is 0 Å². The van der Waals surface area contributed by atoms with Crippen LogP contribution in [0, 0.1) is 0 Å². The quantitative estimate of drug-likeness (QED) is 0.615. The van der Waals surface area contributed by atoms with Crippen LogP contribution >= 0.6 is 28.1 Å². The summed E-state index contributed by atoms with van der Waals surface area (Å²) in [5.74, 6) is -0.411. The van der Waals surface area contributed by atoms with Crippen LogP contribution in [0.25, 0.3) is 0 Å². The summed E-state index contributed by atoms with van der Waals surface area (Å²) in [6, 6.07) is 6.82. The Labute approximate surface area is 147 Å². The molecule has 1 amide bonds. The predicted octanol–water partition coefficient (Wildman–Crippen LogP) is 2.99. The standard InChI is InChI=1S/C15H15BrN4O2S/c1-3-20-8-12(16)13(19-20)14(22)18-15(23)17-11-6-4-10(5-7-11)9(2)21/h4-8H,3H2,1-2H3,(H2,17,18,22,23). The fraction of sp³-hybridized carbons (Fsp3) is 0.200. The molecule has 0 radical (unpaired) electrons. The molecule has 0 unspecified atom stereocenters. The molecular weight excluding hydrogens is 380 g/mol. The number of thiocarbonyl (C=S) groups is 1. The van der Waals surface area contributed by atoms with Crippen molar-refractivity contribution < 1.29 is 9.59 Å². The summed E-state index contributed by atoms with van der Waals surface area (Å²) in [4.78, 5) is 23.4. The van der Waals surface area contributed by atoms with Crippen LogP contribution in [-0.4, -0.2) is 26.6 Å². The number of carbonyl (C=O) groups is 2. The number of Topliss-reactive ketones (excluding diaryl/α,β-unsaturated/α-hetero) is 1. The SMILES string of the molecule is CCn1cc(Br)c(C(=O)NC(=S)Nc2ccc(C(C)=O)cc2)n1. The summed E-state index contributed by atoms with van der Waals surface area (Å²) in [5, 5.41) is 9.76. The van der Waals surface area contributed by atoms with Gasteiger partial charge in [0.05, 0.1) is 4.47 Å². The number of benzene rings is 1. The first-order chi connectivity index (χ1) is 10.9. The highest BCUT2D eigenvalue weighted by atomic mass is 79.9. The van der Waals surface area contributed by atoms with Gasteiger partial charge in [0.25, 0.3) is 5.91 Å². The third kappa shape index (κ3) is 4.46. The van der Waals surface area contributed by atoms with Crippen LogP contribution in [0.2, 0.25) is 0 Å². The topological polar surface area (TPSA) is 76.0 Å². The van der Waals surface area contributed by atoms with E-state index in [0.717, 1.165) is 0 Å². The van der Waals surface area contributed by atoms with Gasteiger partial charge in [0.1, 0.15) is 0 Å². The third-order valence-corrected chi connectivity index (χ3v) is 3.82.